The molecule has 5 rings (SSSR count). The molecule has 1 aromatic carbocycles. The number of rotatable bonds is 6. The van der Waals surface area contributed by atoms with Gasteiger partial charge in [0.05, 0.1) is 16.2 Å². The second-order valence-electron chi connectivity index (χ2n) is 15.5. The summed E-state index contributed by atoms with van der Waals surface area (Å²) in [5.74, 6) is -1.64. The molecule has 0 spiro atoms. The van der Waals surface area contributed by atoms with E-state index < -0.39 is 44.4 Å². The zero-order chi connectivity index (χ0) is 32.7. The number of phenolic OH excluding ortho intramolecular Hbond substituents is 2. The maximum absolute atomic E-state index is 15.7. The fraction of sp³-hybridized carbons (Fsp3) is 0.553. The van der Waals surface area contributed by atoms with Crippen LogP contribution in [0.15, 0.2) is 56.8 Å². The van der Waals surface area contributed by atoms with Gasteiger partial charge in [0, 0.05) is 6.07 Å². The highest BCUT2D eigenvalue weighted by molar-refractivity contribution is 6.23. The Hall–Kier alpha value is -3.41. The molecule has 2 bridgehead atoms. The van der Waals surface area contributed by atoms with Crippen LogP contribution in [0.5, 0.6) is 11.5 Å². The number of carbonyl (C=O) groups excluding carboxylic acids is 2. The summed E-state index contributed by atoms with van der Waals surface area (Å²) in [7, 11) is 0. The van der Waals surface area contributed by atoms with Gasteiger partial charge in [-0.05, 0) is 101 Å². The van der Waals surface area contributed by atoms with Gasteiger partial charge in [0.1, 0.15) is 16.9 Å². The van der Waals surface area contributed by atoms with Crippen LogP contribution in [0.2, 0.25) is 0 Å². The maximum Gasteiger partial charge on any atom is 0.204 e. The third-order valence-corrected chi connectivity index (χ3v) is 11.8. The van der Waals surface area contributed by atoms with E-state index in [1.54, 1.807) is 0 Å². The van der Waals surface area contributed by atoms with Crippen LogP contribution in [0.25, 0.3) is 11.0 Å². The third-order valence-electron chi connectivity index (χ3n) is 11.8. The monoisotopic (exact) mass is 600 g/mol. The van der Waals surface area contributed by atoms with E-state index in [-0.39, 0.29) is 52.3 Å². The molecule has 44 heavy (non-hydrogen) atoms. The van der Waals surface area contributed by atoms with Crippen LogP contribution < -0.4 is 5.43 Å². The Bertz CT molecular complexity index is 1710. The Morgan fingerprint density at radius 2 is 1.57 bits per heavy atom. The number of allylic oxidation sites excluding steroid dienone is 5. The number of Topliss-reactive ketones (excluding diaryl/α,β-unsaturated/α-hetero) is 2. The van der Waals surface area contributed by atoms with Gasteiger partial charge in [-0.15, -0.1) is 0 Å². The molecule has 0 aliphatic heterocycles. The first-order valence-corrected chi connectivity index (χ1v) is 15.9. The summed E-state index contributed by atoms with van der Waals surface area (Å²) in [6.45, 7) is 22.9. The van der Waals surface area contributed by atoms with Crippen molar-refractivity contribution in [3.63, 3.8) is 0 Å². The summed E-state index contributed by atoms with van der Waals surface area (Å²) < 4.78 is 6.52. The van der Waals surface area contributed by atoms with E-state index in [9.17, 15) is 15.0 Å². The highest BCUT2D eigenvalue weighted by Crippen LogP contribution is 2.70. The summed E-state index contributed by atoms with van der Waals surface area (Å²) in [6.07, 6.45) is 7.05. The van der Waals surface area contributed by atoms with Crippen molar-refractivity contribution in [2.45, 2.75) is 99.8 Å². The van der Waals surface area contributed by atoms with E-state index in [1.165, 1.54) is 11.6 Å². The lowest BCUT2D eigenvalue weighted by molar-refractivity contribution is -0.159. The molecule has 1 heterocycles. The number of hydrogen-bond donors (Lipinski definition) is 2. The molecule has 2 fully saturated rings. The maximum atomic E-state index is 15.7. The van der Waals surface area contributed by atoms with Gasteiger partial charge in [-0.2, -0.15) is 0 Å². The van der Waals surface area contributed by atoms with Gasteiger partial charge in [-0.1, -0.05) is 63.1 Å². The minimum Gasteiger partial charge on any atom is -0.504 e. The minimum atomic E-state index is -1.42. The normalized spacial score (nSPS) is 30.2. The average molecular weight is 601 g/mol. The molecule has 236 valence electrons. The van der Waals surface area contributed by atoms with E-state index in [0.717, 1.165) is 23.6 Å². The van der Waals surface area contributed by atoms with E-state index in [1.807, 2.05) is 26.8 Å². The van der Waals surface area contributed by atoms with Crippen LogP contribution in [0.4, 0.5) is 0 Å². The molecular weight excluding hydrogens is 552 g/mol. The van der Waals surface area contributed by atoms with Gasteiger partial charge in [0.25, 0.3) is 0 Å². The molecular formula is C38H48O6. The molecule has 6 nitrogen and oxygen atoms in total. The van der Waals surface area contributed by atoms with Crippen molar-refractivity contribution in [3.05, 3.63) is 69.1 Å². The Kier molecular flexibility index (Phi) is 7.50. The number of carbonyl (C=O) groups is 2. The zero-order valence-corrected chi connectivity index (χ0v) is 27.8. The molecule has 2 saturated carbocycles. The Balaban J connectivity index is 1.96. The molecule has 2 N–H and O–H groups in total. The second kappa shape index (κ2) is 10.3. The lowest BCUT2D eigenvalue weighted by Crippen LogP contribution is -2.70. The molecule has 2 aromatic rings. The third kappa shape index (κ3) is 4.15. The fourth-order valence-electron chi connectivity index (χ4n) is 9.40. The molecule has 3 aliphatic carbocycles. The molecule has 0 radical (unpaired) electrons. The van der Waals surface area contributed by atoms with Gasteiger partial charge in [-0.3, -0.25) is 14.4 Å². The SMILES string of the molecule is C=C(C)C1CC[C@@H]([C@@]23C[C@H](CC=C(C)C)C(C)(C)[C@@](CC=C(C)C)(C2=O)c2oc4cc(O)c(O)cc4c(=O)c2C3=O)C1(C)C. The standard InChI is InChI=1S/C38H48O6/c1-20(2)11-12-23-19-37(29-14-13-25(22(5)6)35(29,7)8)32(42)30-31(41)24-17-26(39)27(40)18-28(24)44-33(30)38(34(37)43,36(23,9)10)16-15-21(3)4/h11,15,17-18,23,25,29,39-40H,5,12-14,16,19H2,1-4,6-10H3/t23-,25?,29+,37+,38+/m0/s1. The smallest absolute Gasteiger partial charge is 0.204 e. The molecule has 1 unspecified atom stereocenters. The predicted octanol–water partition coefficient (Wildman–Crippen LogP) is 8.58. The first-order valence-electron chi connectivity index (χ1n) is 15.9. The zero-order valence-electron chi connectivity index (χ0n) is 27.8. The Morgan fingerprint density at radius 1 is 0.955 bits per heavy atom. The van der Waals surface area contributed by atoms with Crippen LogP contribution >= 0.6 is 0 Å². The summed E-state index contributed by atoms with van der Waals surface area (Å²) in [6, 6.07) is 2.36. The summed E-state index contributed by atoms with van der Waals surface area (Å²) in [5.41, 5.74) is -1.24. The van der Waals surface area contributed by atoms with Crippen molar-refractivity contribution < 1.29 is 24.2 Å². The van der Waals surface area contributed by atoms with Crippen molar-refractivity contribution in [1.82, 2.24) is 0 Å². The summed E-state index contributed by atoms with van der Waals surface area (Å²) in [5, 5.41) is 20.7. The number of aromatic hydroxyl groups is 2. The Labute approximate surface area is 260 Å². The summed E-state index contributed by atoms with van der Waals surface area (Å²) in [4.78, 5) is 45.4. The molecule has 0 amide bonds. The number of phenols is 2. The van der Waals surface area contributed by atoms with Crippen LogP contribution in [0.3, 0.4) is 0 Å². The first-order chi connectivity index (χ1) is 20.3. The van der Waals surface area contributed by atoms with Crippen molar-refractivity contribution in [3.8, 4) is 11.5 Å². The van der Waals surface area contributed by atoms with Gasteiger partial charge in [0.2, 0.25) is 5.43 Å². The quantitative estimate of drug-likeness (QED) is 0.195. The minimum absolute atomic E-state index is 0.0109. The predicted molar refractivity (Wildman–Crippen MR) is 174 cm³/mol. The lowest BCUT2D eigenvalue weighted by Gasteiger charge is -2.62. The van der Waals surface area contributed by atoms with Crippen LogP contribution in [-0.4, -0.2) is 21.8 Å². The number of ketones is 2. The van der Waals surface area contributed by atoms with Crippen LogP contribution in [0, 0.1) is 34.0 Å². The molecule has 1 aromatic heterocycles. The van der Waals surface area contributed by atoms with Crippen molar-refractivity contribution in [2.75, 3.05) is 0 Å². The lowest BCUT2D eigenvalue weighted by atomic mass is 9.37. The van der Waals surface area contributed by atoms with Crippen molar-refractivity contribution in [2.24, 2.45) is 34.0 Å². The van der Waals surface area contributed by atoms with E-state index >= 15 is 9.59 Å². The van der Waals surface area contributed by atoms with Crippen LogP contribution in [-0.2, 0) is 10.2 Å². The van der Waals surface area contributed by atoms with E-state index in [0.29, 0.717) is 19.3 Å². The van der Waals surface area contributed by atoms with Gasteiger partial charge in [0.15, 0.2) is 23.1 Å². The van der Waals surface area contributed by atoms with E-state index in [4.69, 9.17) is 4.42 Å². The topological polar surface area (TPSA) is 105 Å². The molecule has 0 saturated heterocycles. The van der Waals surface area contributed by atoms with Gasteiger partial charge in [-0.25, -0.2) is 0 Å². The summed E-state index contributed by atoms with van der Waals surface area (Å²) >= 11 is 0. The average Bonchev–Trinajstić information content (AvgIpc) is 3.23. The highest BCUT2D eigenvalue weighted by atomic mass is 16.3. The number of hydrogen-bond acceptors (Lipinski definition) is 6. The second-order valence-corrected chi connectivity index (χ2v) is 15.5. The molecule has 5 atom stereocenters. The molecule has 3 aliphatic rings. The highest BCUT2D eigenvalue weighted by Gasteiger charge is 2.75. The largest absolute Gasteiger partial charge is 0.504 e. The van der Waals surface area contributed by atoms with E-state index in [2.05, 4.69) is 54.2 Å². The van der Waals surface area contributed by atoms with Crippen molar-refractivity contribution >= 4 is 22.5 Å². The fourth-order valence-corrected chi connectivity index (χ4v) is 9.40. The first kappa shape index (κ1) is 32.0. The van der Waals surface area contributed by atoms with Gasteiger partial charge < -0.3 is 14.6 Å². The molecule has 6 heteroatoms. The van der Waals surface area contributed by atoms with Crippen molar-refractivity contribution in [1.29, 1.82) is 0 Å². The van der Waals surface area contributed by atoms with Crippen LogP contribution in [0.1, 0.15) is 111 Å². The van der Waals surface area contributed by atoms with Gasteiger partial charge >= 0.3 is 0 Å². The Morgan fingerprint density at radius 3 is 2.14 bits per heavy atom. The number of benzene rings is 1. The number of fused-ring (bicyclic) bond motifs is 5.